The molecule has 2 nitrogen and oxygen atoms in total. The van der Waals surface area contributed by atoms with E-state index in [1.165, 1.54) is 0 Å². The Bertz CT molecular complexity index is 505. The highest BCUT2D eigenvalue weighted by Crippen LogP contribution is 2.31. The number of halogens is 2. The molecule has 1 aromatic heterocycles. The monoisotopic (exact) mass is 344 g/mol. The first-order valence-corrected chi connectivity index (χ1v) is 6.35. The molecule has 1 unspecified atom stereocenters. The molecule has 0 saturated carbocycles. The molecule has 0 aliphatic heterocycles. The molecule has 1 heterocycles. The zero-order valence-electron chi connectivity index (χ0n) is 8.58. The van der Waals surface area contributed by atoms with Crippen molar-refractivity contribution >= 4 is 31.9 Å². The second-order valence-corrected chi connectivity index (χ2v) is 5.31. The third kappa shape index (κ3) is 2.24. The lowest BCUT2D eigenvalue weighted by Crippen LogP contribution is -2.01. The summed E-state index contributed by atoms with van der Waals surface area (Å²) in [5.41, 5.74) is 1.86. The first kappa shape index (κ1) is 11.9. The molecule has 84 valence electrons. The van der Waals surface area contributed by atoms with E-state index in [1.807, 2.05) is 25.1 Å². The van der Waals surface area contributed by atoms with Gasteiger partial charge in [-0.1, -0.05) is 22.0 Å². The van der Waals surface area contributed by atoms with Crippen LogP contribution in [0.5, 0.6) is 0 Å². The summed E-state index contributed by atoms with van der Waals surface area (Å²) in [5, 5.41) is 10.2. The van der Waals surface area contributed by atoms with Crippen LogP contribution in [0.3, 0.4) is 0 Å². The number of hydrogen-bond acceptors (Lipinski definition) is 2. The number of hydrogen-bond donors (Lipinski definition) is 1. The van der Waals surface area contributed by atoms with Crippen LogP contribution in [0.15, 0.2) is 43.9 Å². The number of rotatable bonds is 2. The zero-order chi connectivity index (χ0) is 11.7. The second kappa shape index (κ2) is 4.73. The van der Waals surface area contributed by atoms with E-state index in [2.05, 4.69) is 31.9 Å². The van der Waals surface area contributed by atoms with E-state index >= 15 is 0 Å². The van der Waals surface area contributed by atoms with Crippen molar-refractivity contribution in [2.45, 2.75) is 13.0 Å². The molecule has 2 rings (SSSR count). The van der Waals surface area contributed by atoms with Gasteiger partial charge < -0.3 is 9.52 Å². The molecule has 4 heteroatoms. The van der Waals surface area contributed by atoms with E-state index < -0.39 is 6.10 Å². The highest BCUT2D eigenvalue weighted by atomic mass is 79.9. The van der Waals surface area contributed by atoms with Crippen molar-refractivity contribution in [1.82, 2.24) is 0 Å². The molecule has 0 aliphatic rings. The van der Waals surface area contributed by atoms with Crippen molar-refractivity contribution in [2.75, 3.05) is 0 Å². The SMILES string of the molecule is Cc1cc(Br)ccc1C(O)c1occc1Br. The predicted octanol–water partition coefficient (Wildman–Crippen LogP) is 4.19. The number of benzene rings is 1. The molecule has 0 radical (unpaired) electrons. The minimum absolute atomic E-state index is 0.533. The van der Waals surface area contributed by atoms with E-state index in [9.17, 15) is 5.11 Å². The molecule has 2 aromatic rings. The lowest BCUT2D eigenvalue weighted by molar-refractivity contribution is 0.187. The van der Waals surface area contributed by atoms with Gasteiger partial charge >= 0.3 is 0 Å². The molecular formula is C12H10Br2O2. The smallest absolute Gasteiger partial charge is 0.150 e. The maximum Gasteiger partial charge on any atom is 0.150 e. The van der Waals surface area contributed by atoms with Gasteiger partial charge in [0.2, 0.25) is 0 Å². The largest absolute Gasteiger partial charge is 0.465 e. The van der Waals surface area contributed by atoms with Crippen LogP contribution in [-0.4, -0.2) is 5.11 Å². The summed E-state index contributed by atoms with van der Waals surface area (Å²) in [6.07, 6.45) is 0.814. The number of aryl methyl sites for hydroxylation is 1. The van der Waals surface area contributed by atoms with Gasteiger partial charge in [0.1, 0.15) is 6.10 Å². The van der Waals surface area contributed by atoms with E-state index in [4.69, 9.17) is 4.42 Å². The van der Waals surface area contributed by atoms with Crippen LogP contribution in [0.25, 0.3) is 0 Å². The van der Waals surface area contributed by atoms with Crippen molar-refractivity contribution in [3.63, 3.8) is 0 Å². The van der Waals surface area contributed by atoms with Crippen LogP contribution in [0.4, 0.5) is 0 Å². The summed E-state index contributed by atoms with van der Waals surface area (Å²) in [7, 11) is 0. The van der Waals surface area contributed by atoms with Gasteiger partial charge in [-0.2, -0.15) is 0 Å². The molecule has 0 amide bonds. The van der Waals surface area contributed by atoms with E-state index in [0.29, 0.717) is 5.76 Å². The summed E-state index contributed by atoms with van der Waals surface area (Å²) in [6, 6.07) is 7.53. The minimum atomic E-state index is -0.738. The highest BCUT2D eigenvalue weighted by Gasteiger charge is 2.18. The fourth-order valence-corrected chi connectivity index (χ4v) is 2.48. The quantitative estimate of drug-likeness (QED) is 0.885. The summed E-state index contributed by atoms with van der Waals surface area (Å²) in [4.78, 5) is 0. The Hall–Kier alpha value is -0.580. The molecule has 0 aliphatic carbocycles. The molecular weight excluding hydrogens is 336 g/mol. The van der Waals surface area contributed by atoms with Gasteiger partial charge in [0.05, 0.1) is 10.7 Å². The molecule has 1 aromatic carbocycles. The predicted molar refractivity (Wildman–Crippen MR) is 69.3 cm³/mol. The second-order valence-electron chi connectivity index (χ2n) is 3.54. The van der Waals surface area contributed by atoms with Gasteiger partial charge in [-0.25, -0.2) is 0 Å². The first-order valence-electron chi connectivity index (χ1n) is 4.76. The molecule has 16 heavy (non-hydrogen) atoms. The standard InChI is InChI=1S/C12H10Br2O2/c1-7-6-8(13)2-3-9(7)11(15)12-10(14)4-5-16-12/h2-6,11,15H,1H3. The molecule has 0 fully saturated rings. The lowest BCUT2D eigenvalue weighted by Gasteiger charge is -2.12. The third-order valence-electron chi connectivity index (χ3n) is 2.42. The van der Waals surface area contributed by atoms with Gasteiger partial charge in [0.25, 0.3) is 0 Å². The summed E-state index contributed by atoms with van der Waals surface area (Å²) < 4.78 is 7.04. The van der Waals surface area contributed by atoms with Gasteiger partial charge in [-0.15, -0.1) is 0 Å². The Balaban J connectivity index is 2.41. The summed E-state index contributed by atoms with van der Waals surface area (Å²) in [5.74, 6) is 0.533. The van der Waals surface area contributed by atoms with Gasteiger partial charge in [0, 0.05) is 4.47 Å². The molecule has 1 atom stereocenters. The zero-order valence-corrected chi connectivity index (χ0v) is 11.7. The third-order valence-corrected chi connectivity index (χ3v) is 3.57. The normalized spacial score (nSPS) is 12.8. The number of aliphatic hydroxyl groups excluding tert-OH is 1. The van der Waals surface area contributed by atoms with Crippen LogP contribution >= 0.6 is 31.9 Å². The summed E-state index contributed by atoms with van der Waals surface area (Å²) >= 11 is 6.73. The van der Waals surface area contributed by atoms with Crippen LogP contribution in [-0.2, 0) is 0 Å². The van der Waals surface area contributed by atoms with Crippen LogP contribution in [0, 0.1) is 6.92 Å². The van der Waals surface area contributed by atoms with Gasteiger partial charge in [-0.05, 0) is 52.2 Å². The molecule has 1 N–H and O–H groups in total. The van der Waals surface area contributed by atoms with Crippen molar-refractivity contribution in [1.29, 1.82) is 0 Å². The molecule has 0 saturated heterocycles. The van der Waals surface area contributed by atoms with E-state index in [1.54, 1.807) is 12.3 Å². The Labute approximate surface area is 111 Å². The van der Waals surface area contributed by atoms with Gasteiger partial charge in [-0.3, -0.25) is 0 Å². The lowest BCUT2D eigenvalue weighted by atomic mass is 10.0. The van der Waals surface area contributed by atoms with Crippen molar-refractivity contribution in [3.05, 3.63) is 56.4 Å². The topological polar surface area (TPSA) is 33.4 Å². The maximum atomic E-state index is 10.2. The Morgan fingerprint density at radius 1 is 1.25 bits per heavy atom. The minimum Gasteiger partial charge on any atom is -0.465 e. The highest BCUT2D eigenvalue weighted by molar-refractivity contribution is 9.10. The summed E-state index contributed by atoms with van der Waals surface area (Å²) in [6.45, 7) is 1.96. The Morgan fingerprint density at radius 2 is 2.00 bits per heavy atom. The molecule has 0 bridgehead atoms. The van der Waals surface area contributed by atoms with Crippen molar-refractivity contribution < 1.29 is 9.52 Å². The van der Waals surface area contributed by atoms with Crippen LogP contribution in [0.1, 0.15) is 23.0 Å². The van der Waals surface area contributed by atoms with Crippen molar-refractivity contribution in [3.8, 4) is 0 Å². The molecule has 0 spiro atoms. The average molecular weight is 346 g/mol. The Morgan fingerprint density at radius 3 is 2.56 bits per heavy atom. The fraction of sp³-hybridized carbons (Fsp3) is 0.167. The maximum absolute atomic E-state index is 10.2. The van der Waals surface area contributed by atoms with E-state index in [-0.39, 0.29) is 0 Å². The Kier molecular flexibility index (Phi) is 3.52. The number of aliphatic hydroxyl groups is 1. The number of furan rings is 1. The first-order chi connectivity index (χ1) is 7.59. The average Bonchev–Trinajstić information content (AvgIpc) is 2.63. The van der Waals surface area contributed by atoms with Crippen LogP contribution < -0.4 is 0 Å². The van der Waals surface area contributed by atoms with E-state index in [0.717, 1.165) is 20.1 Å². The van der Waals surface area contributed by atoms with Crippen LogP contribution in [0.2, 0.25) is 0 Å². The fourth-order valence-electron chi connectivity index (χ4n) is 1.59. The van der Waals surface area contributed by atoms with Crippen molar-refractivity contribution in [2.24, 2.45) is 0 Å². The van der Waals surface area contributed by atoms with Gasteiger partial charge in [0.15, 0.2) is 5.76 Å².